The maximum Gasteiger partial charge on any atom is 0.306 e. The van der Waals surface area contributed by atoms with E-state index in [0.29, 0.717) is 19.3 Å². The fourth-order valence-electron chi connectivity index (χ4n) is 9.13. The predicted molar refractivity (Wildman–Crippen MR) is 321 cm³/mol. The molecule has 0 amide bonds. The number of ether oxygens (including phenoxy) is 3. The summed E-state index contributed by atoms with van der Waals surface area (Å²) >= 11 is 0. The number of allylic oxidation sites excluding steroid dienone is 12. The number of carbonyl (C=O) groups is 3. The van der Waals surface area contributed by atoms with Crippen molar-refractivity contribution in [2.75, 3.05) is 13.2 Å². The maximum atomic E-state index is 12.9. The molecule has 0 N–H and O–H groups in total. The maximum absolute atomic E-state index is 12.9. The zero-order valence-corrected chi connectivity index (χ0v) is 49.1. The van der Waals surface area contributed by atoms with Crippen LogP contribution in [0.15, 0.2) is 72.9 Å². The first-order chi connectivity index (χ1) is 36.5. The Labute approximate surface area is 459 Å². The number of carbonyl (C=O) groups excluding carboxylic acids is 3. The van der Waals surface area contributed by atoms with E-state index < -0.39 is 6.10 Å². The molecule has 0 fully saturated rings. The normalized spacial score (nSPS) is 12.5. The van der Waals surface area contributed by atoms with E-state index in [2.05, 4.69) is 93.7 Å². The van der Waals surface area contributed by atoms with Crippen LogP contribution in [0, 0.1) is 0 Å². The van der Waals surface area contributed by atoms with Crippen molar-refractivity contribution in [1.82, 2.24) is 0 Å². The van der Waals surface area contributed by atoms with E-state index in [9.17, 15) is 14.4 Å². The lowest BCUT2D eigenvalue weighted by Crippen LogP contribution is -2.30. The van der Waals surface area contributed by atoms with Gasteiger partial charge in [0.2, 0.25) is 0 Å². The molecule has 0 aromatic rings. The van der Waals surface area contributed by atoms with Crippen molar-refractivity contribution < 1.29 is 28.6 Å². The topological polar surface area (TPSA) is 78.9 Å². The summed E-state index contributed by atoms with van der Waals surface area (Å²) in [5.41, 5.74) is 0. The molecular weight excluding hydrogens is 913 g/mol. The van der Waals surface area contributed by atoms with Gasteiger partial charge >= 0.3 is 17.9 Å². The van der Waals surface area contributed by atoms with Crippen LogP contribution in [0.5, 0.6) is 0 Å². The van der Waals surface area contributed by atoms with Gasteiger partial charge in [-0.25, -0.2) is 0 Å². The summed E-state index contributed by atoms with van der Waals surface area (Å²) in [5, 5.41) is 0. The number of unbranched alkanes of at least 4 members (excludes halogenated alkanes) is 35. The Hall–Kier alpha value is -3.15. The van der Waals surface area contributed by atoms with Crippen LogP contribution < -0.4 is 0 Å². The van der Waals surface area contributed by atoms with Crippen LogP contribution in [0.2, 0.25) is 0 Å². The molecule has 1 atom stereocenters. The van der Waals surface area contributed by atoms with Gasteiger partial charge in [0.05, 0.1) is 0 Å². The lowest BCUT2D eigenvalue weighted by atomic mass is 10.0. The van der Waals surface area contributed by atoms with Gasteiger partial charge in [-0.05, 0) is 109 Å². The summed E-state index contributed by atoms with van der Waals surface area (Å²) in [6.45, 7) is 6.53. The Bertz CT molecular complexity index is 1370. The molecule has 0 rings (SSSR count). The van der Waals surface area contributed by atoms with E-state index in [-0.39, 0.29) is 31.1 Å². The molecule has 0 heterocycles. The van der Waals surface area contributed by atoms with Gasteiger partial charge in [-0.2, -0.15) is 0 Å². The highest BCUT2D eigenvalue weighted by Gasteiger charge is 2.19. The highest BCUT2D eigenvalue weighted by atomic mass is 16.6. The highest BCUT2D eigenvalue weighted by molar-refractivity contribution is 5.71. The second-order valence-electron chi connectivity index (χ2n) is 21.3. The fraction of sp³-hybridized carbons (Fsp3) is 0.779. The Morgan fingerprint density at radius 2 is 0.527 bits per heavy atom. The molecule has 74 heavy (non-hydrogen) atoms. The van der Waals surface area contributed by atoms with Crippen LogP contribution in [-0.2, 0) is 28.6 Å². The zero-order chi connectivity index (χ0) is 53.6. The third kappa shape index (κ3) is 59.7. The quantitative estimate of drug-likeness (QED) is 0.0261. The van der Waals surface area contributed by atoms with Crippen LogP contribution >= 0.6 is 0 Å². The van der Waals surface area contributed by atoms with Crippen LogP contribution in [0.3, 0.4) is 0 Å². The second kappa shape index (κ2) is 62.4. The molecule has 0 saturated carbocycles. The van der Waals surface area contributed by atoms with Crippen LogP contribution in [0.4, 0.5) is 0 Å². The van der Waals surface area contributed by atoms with Gasteiger partial charge in [0.25, 0.3) is 0 Å². The van der Waals surface area contributed by atoms with Gasteiger partial charge in [0, 0.05) is 19.3 Å². The summed E-state index contributed by atoms with van der Waals surface area (Å²) in [4.78, 5) is 38.3. The Morgan fingerprint density at radius 3 is 0.838 bits per heavy atom. The summed E-state index contributed by atoms with van der Waals surface area (Å²) in [6.07, 6.45) is 80.5. The zero-order valence-electron chi connectivity index (χ0n) is 49.1. The molecular formula is C68H120O6. The monoisotopic (exact) mass is 1030 g/mol. The second-order valence-corrected chi connectivity index (χ2v) is 21.3. The molecule has 1 unspecified atom stereocenters. The van der Waals surface area contributed by atoms with Crippen molar-refractivity contribution in [2.45, 2.75) is 329 Å². The Morgan fingerprint density at radius 1 is 0.284 bits per heavy atom. The number of hydrogen-bond donors (Lipinski definition) is 0. The molecule has 6 nitrogen and oxygen atoms in total. The number of rotatable bonds is 58. The molecule has 0 saturated heterocycles. The lowest BCUT2D eigenvalue weighted by Gasteiger charge is -2.18. The summed E-state index contributed by atoms with van der Waals surface area (Å²) in [5.74, 6) is -0.883. The minimum absolute atomic E-state index is 0.0792. The molecule has 0 aliphatic carbocycles. The van der Waals surface area contributed by atoms with Crippen molar-refractivity contribution in [1.29, 1.82) is 0 Å². The number of hydrogen-bond acceptors (Lipinski definition) is 6. The lowest BCUT2D eigenvalue weighted by molar-refractivity contribution is -0.167. The van der Waals surface area contributed by atoms with E-state index in [4.69, 9.17) is 14.2 Å². The summed E-state index contributed by atoms with van der Waals surface area (Å²) in [7, 11) is 0. The van der Waals surface area contributed by atoms with E-state index in [1.165, 1.54) is 180 Å². The molecule has 0 aromatic heterocycles. The number of esters is 3. The van der Waals surface area contributed by atoms with Gasteiger partial charge < -0.3 is 14.2 Å². The Balaban J connectivity index is 4.26. The fourth-order valence-corrected chi connectivity index (χ4v) is 9.13. The van der Waals surface area contributed by atoms with Crippen molar-refractivity contribution >= 4 is 17.9 Å². The van der Waals surface area contributed by atoms with Crippen molar-refractivity contribution in [3.8, 4) is 0 Å². The SMILES string of the molecule is CC/C=C\C/C=C\C/C=C\C/C=C\CCCCCCCCCCCCCCCCC(=O)OCC(COC(=O)CCCCCCC/C=C\CCCCCCC)OC(=O)CCCCCCC/C=C\CCCCCCCC. The molecule has 0 aliphatic heterocycles. The van der Waals surface area contributed by atoms with Gasteiger partial charge in [-0.3, -0.25) is 14.4 Å². The molecule has 0 aromatic carbocycles. The van der Waals surface area contributed by atoms with Gasteiger partial charge in [0.1, 0.15) is 13.2 Å². The first-order valence-electron chi connectivity index (χ1n) is 31.9. The minimum Gasteiger partial charge on any atom is -0.462 e. The van der Waals surface area contributed by atoms with E-state index in [1.54, 1.807) is 0 Å². The average molecular weight is 1030 g/mol. The Kier molecular flexibility index (Phi) is 59.7. The molecule has 428 valence electrons. The first kappa shape index (κ1) is 70.8. The van der Waals surface area contributed by atoms with Gasteiger partial charge in [-0.1, -0.05) is 267 Å². The smallest absolute Gasteiger partial charge is 0.306 e. The van der Waals surface area contributed by atoms with Crippen molar-refractivity contribution in [2.24, 2.45) is 0 Å². The van der Waals surface area contributed by atoms with Crippen LogP contribution in [0.1, 0.15) is 323 Å². The van der Waals surface area contributed by atoms with Gasteiger partial charge in [0.15, 0.2) is 6.10 Å². The molecule has 0 radical (unpaired) electrons. The highest BCUT2D eigenvalue weighted by Crippen LogP contribution is 2.16. The van der Waals surface area contributed by atoms with Crippen LogP contribution in [-0.4, -0.2) is 37.2 Å². The molecule has 0 bridgehead atoms. The third-order valence-electron chi connectivity index (χ3n) is 13.9. The molecule has 6 heteroatoms. The minimum atomic E-state index is -0.782. The summed E-state index contributed by atoms with van der Waals surface area (Å²) in [6, 6.07) is 0. The van der Waals surface area contributed by atoms with Gasteiger partial charge in [-0.15, -0.1) is 0 Å². The van der Waals surface area contributed by atoms with Crippen molar-refractivity contribution in [3.63, 3.8) is 0 Å². The average Bonchev–Trinajstić information content (AvgIpc) is 3.40. The van der Waals surface area contributed by atoms with E-state index in [1.807, 2.05) is 0 Å². The third-order valence-corrected chi connectivity index (χ3v) is 13.9. The van der Waals surface area contributed by atoms with Crippen LogP contribution in [0.25, 0.3) is 0 Å². The molecule has 0 spiro atoms. The van der Waals surface area contributed by atoms with Crippen molar-refractivity contribution in [3.05, 3.63) is 72.9 Å². The largest absolute Gasteiger partial charge is 0.462 e. The predicted octanol–water partition coefficient (Wildman–Crippen LogP) is 21.7. The van der Waals surface area contributed by atoms with E-state index >= 15 is 0 Å². The standard InChI is InChI=1S/C68H120O6/c1-4-7-10-13-16-19-22-25-28-29-30-31-32-33-34-35-36-37-38-39-41-43-46-49-52-55-58-61-67(70)73-64-65(63-72-66(69)60-57-54-51-48-45-42-27-24-21-18-15-12-9-6-3)74-68(71)62-59-56-53-50-47-44-40-26-23-20-17-14-11-8-5-2/h7,10,16,19,24-28,30-31,40,65H,4-6,8-9,11-15,17-18,20-23,29,32-39,41-64H2,1-3H3/b10-7-,19-16-,27-24-,28-25-,31-30-,40-26-. The van der Waals surface area contributed by atoms with E-state index in [0.717, 1.165) is 103 Å². The first-order valence-corrected chi connectivity index (χ1v) is 31.9. The summed E-state index contributed by atoms with van der Waals surface area (Å²) < 4.78 is 16.9. The molecule has 0 aliphatic rings.